The molecule has 0 N–H and O–H groups in total. The first kappa shape index (κ1) is 15.4. The molecule has 0 saturated carbocycles. The lowest BCUT2D eigenvalue weighted by molar-refractivity contribution is 0.0912. The van der Waals surface area contributed by atoms with Gasteiger partial charge in [-0.2, -0.15) is 0 Å². The molecule has 2 aromatic rings. The molecule has 0 atom stereocenters. The highest BCUT2D eigenvalue weighted by atomic mass is 35.5. The van der Waals surface area contributed by atoms with Crippen LogP contribution in [0, 0.1) is 25.5 Å². The Morgan fingerprint density at radius 1 is 1.14 bits per heavy atom. The van der Waals surface area contributed by atoms with E-state index in [-0.39, 0.29) is 0 Å². The fraction of sp³-hybridized carbons (Fsp3) is 0.188. The maximum absolute atomic E-state index is 13.5. The average Bonchev–Trinajstić information content (AvgIpc) is 2.37. The van der Waals surface area contributed by atoms with Gasteiger partial charge in [0.1, 0.15) is 17.4 Å². The molecule has 2 aromatic carbocycles. The van der Waals surface area contributed by atoms with Crippen molar-refractivity contribution in [3.63, 3.8) is 0 Å². The summed E-state index contributed by atoms with van der Waals surface area (Å²) in [6.45, 7) is 3.12. The molecule has 0 aliphatic carbocycles. The molecule has 0 fully saturated rings. The third-order valence-corrected chi connectivity index (χ3v) is 3.23. The van der Waals surface area contributed by atoms with Crippen LogP contribution in [0.4, 0.5) is 8.78 Å². The van der Waals surface area contributed by atoms with E-state index in [0.717, 1.165) is 23.3 Å². The molecule has 0 unspecified atom stereocenters. The maximum atomic E-state index is 13.5. The minimum Gasteiger partial charge on any atom is -0.485 e. The third-order valence-electron chi connectivity index (χ3n) is 3.01. The molecule has 0 aliphatic heterocycles. The first-order valence-electron chi connectivity index (χ1n) is 6.27. The number of carbonyl (C=O) groups is 1. The van der Waals surface area contributed by atoms with Crippen molar-refractivity contribution in [1.82, 2.24) is 0 Å². The summed E-state index contributed by atoms with van der Waals surface area (Å²) >= 11 is 5.90. The van der Waals surface area contributed by atoms with Gasteiger partial charge in [0.2, 0.25) is 5.78 Å². The van der Waals surface area contributed by atoms with Crippen molar-refractivity contribution in [1.29, 1.82) is 0 Å². The van der Waals surface area contributed by atoms with Gasteiger partial charge in [0.15, 0.2) is 6.61 Å². The second-order valence-corrected chi connectivity index (χ2v) is 5.11. The van der Waals surface area contributed by atoms with Crippen LogP contribution in [0.1, 0.15) is 21.5 Å². The maximum Gasteiger partial charge on any atom is 0.206 e. The molecule has 0 bridgehead atoms. The zero-order chi connectivity index (χ0) is 15.6. The van der Waals surface area contributed by atoms with Crippen molar-refractivity contribution in [2.24, 2.45) is 0 Å². The Bertz CT molecular complexity index is 655. The van der Waals surface area contributed by atoms with Crippen LogP contribution in [-0.2, 0) is 0 Å². The van der Waals surface area contributed by atoms with Gasteiger partial charge in [-0.1, -0.05) is 17.7 Å². The molecule has 110 valence electrons. The topological polar surface area (TPSA) is 26.3 Å². The predicted octanol–water partition coefficient (Wildman–Crippen LogP) is 4.50. The van der Waals surface area contributed by atoms with Gasteiger partial charge in [-0.05, 0) is 49.2 Å². The van der Waals surface area contributed by atoms with Gasteiger partial charge in [-0.25, -0.2) is 8.78 Å². The second kappa shape index (κ2) is 6.22. The molecule has 0 aliphatic rings. The lowest BCUT2D eigenvalue weighted by Crippen LogP contribution is -2.16. The fourth-order valence-electron chi connectivity index (χ4n) is 2.10. The van der Waals surface area contributed by atoms with Gasteiger partial charge in [0, 0.05) is 5.02 Å². The monoisotopic (exact) mass is 310 g/mol. The minimum absolute atomic E-state index is 0.443. The highest BCUT2D eigenvalue weighted by Gasteiger charge is 2.18. The molecule has 0 amide bonds. The number of hydrogen-bond donors (Lipinski definition) is 0. The summed E-state index contributed by atoms with van der Waals surface area (Å²) in [6, 6.07) is 6.66. The van der Waals surface area contributed by atoms with Crippen LogP contribution >= 0.6 is 11.6 Å². The summed E-state index contributed by atoms with van der Waals surface area (Å²) in [6.07, 6.45) is 0. The molecule has 0 heterocycles. The van der Waals surface area contributed by atoms with E-state index in [1.807, 2.05) is 0 Å². The van der Waals surface area contributed by atoms with E-state index in [2.05, 4.69) is 0 Å². The van der Waals surface area contributed by atoms with E-state index in [0.29, 0.717) is 10.8 Å². The normalized spacial score (nSPS) is 10.5. The first-order valence-corrected chi connectivity index (χ1v) is 6.64. The standard InChI is InChI=1S/C16H13ClF2O2/c1-9-6-11(17)7-10(2)16(9)21-8-14(20)15-12(18)4-3-5-13(15)19/h3-7H,8H2,1-2H3. The second-order valence-electron chi connectivity index (χ2n) is 4.68. The minimum atomic E-state index is -0.895. The molecular weight excluding hydrogens is 298 g/mol. The summed E-state index contributed by atoms with van der Waals surface area (Å²) in [7, 11) is 0. The van der Waals surface area contributed by atoms with E-state index < -0.39 is 29.6 Å². The van der Waals surface area contributed by atoms with Crippen LogP contribution in [0.2, 0.25) is 5.02 Å². The number of ketones is 1. The Morgan fingerprint density at radius 2 is 1.67 bits per heavy atom. The summed E-state index contributed by atoms with van der Waals surface area (Å²) in [4.78, 5) is 11.9. The first-order chi connectivity index (χ1) is 9.90. The number of rotatable bonds is 4. The lowest BCUT2D eigenvalue weighted by Gasteiger charge is -2.12. The summed E-state index contributed by atoms with van der Waals surface area (Å²) in [5, 5.41) is 0.559. The van der Waals surface area contributed by atoms with E-state index in [1.165, 1.54) is 6.07 Å². The van der Waals surface area contributed by atoms with Gasteiger partial charge >= 0.3 is 0 Å². The van der Waals surface area contributed by atoms with Gasteiger partial charge in [-0.3, -0.25) is 4.79 Å². The van der Waals surface area contributed by atoms with Gasteiger partial charge in [0.05, 0.1) is 5.56 Å². The average molecular weight is 311 g/mol. The third kappa shape index (κ3) is 3.39. The molecule has 21 heavy (non-hydrogen) atoms. The highest BCUT2D eigenvalue weighted by Crippen LogP contribution is 2.27. The fourth-order valence-corrected chi connectivity index (χ4v) is 2.43. The number of ether oxygens (including phenoxy) is 1. The van der Waals surface area contributed by atoms with Crippen molar-refractivity contribution in [2.45, 2.75) is 13.8 Å². The van der Waals surface area contributed by atoms with E-state index in [4.69, 9.17) is 16.3 Å². The molecule has 0 saturated heterocycles. The van der Waals surface area contributed by atoms with Gasteiger partial charge < -0.3 is 4.74 Å². The molecule has 0 radical (unpaired) electrons. The summed E-state index contributed by atoms with van der Waals surface area (Å²) in [5.41, 5.74) is 0.922. The molecule has 5 heteroatoms. The van der Waals surface area contributed by atoms with Gasteiger partial charge in [-0.15, -0.1) is 0 Å². The highest BCUT2D eigenvalue weighted by molar-refractivity contribution is 6.30. The van der Waals surface area contributed by atoms with E-state index in [1.54, 1.807) is 26.0 Å². The molecule has 2 rings (SSSR count). The molecule has 0 spiro atoms. The van der Waals surface area contributed by atoms with Crippen molar-refractivity contribution < 1.29 is 18.3 Å². The number of benzene rings is 2. The van der Waals surface area contributed by atoms with E-state index >= 15 is 0 Å². The van der Waals surface area contributed by atoms with Crippen molar-refractivity contribution in [3.05, 3.63) is 63.7 Å². The number of aryl methyl sites for hydroxylation is 2. The summed E-state index contributed by atoms with van der Waals surface area (Å²) < 4.78 is 32.4. The van der Waals surface area contributed by atoms with Crippen LogP contribution in [0.5, 0.6) is 5.75 Å². The van der Waals surface area contributed by atoms with E-state index in [9.17, 15) is 13.6 Å². The number of Topliss-reactive ketones (excluding diaryl/α,β-unsaturated/α-hetero) is 1. The van der Waals surface area contributed by atoms with Crippen molar-refractivity contribution in [3.8, 4) is 5.75 Å². The Kier molecular flexibility index (Phi) is 4.58. The van der Waals surface area contributed by atoms with Crippen LogP contribution in [-0.4, -0.2) is 12.4 Å². The Hall–Kier alpha value is -1.94. The SMILES string of the molecule is Cc1cc(Cl)cc(C)c1OCC(=O)c1c(F)cccc1F. The van der Waals surface area contributed by atoms with Crippen molar-refractivity contribution >= 4 is 17.4 Å². The Balaban J connectivity index is 2.19. The lowest BCUT2D eigenvalue weighted by atomic mass is 10.1. The quantitative estimate of drug-likeness (QED) is 0.777. The van der Waals surface area contributed by atoms with Gasteiger partial charge in [0.25, 0.3) is 0 Å². The number of halogens is 3. The van der Waals surface area contributed by atoms with Crippen LogP contribution in [0.15, 0.2) is 30.3 Å². The number of carbonyl (C=O) groups excluding carboxylic acids is 1. The van der Waals surface area contributed by atoms with Crippen molar-refractivity contribution in [2.75, 3.05) is 6.61 Å². The smallest absolute Gasteiger partial charge is 0.206 e. The van der Waals surface area contributed by atoms with Crippen LogP contribution in [0.3, 0.4) is 0 Å². The molecular formula is C16H13ClF2O2. The largest absolute Gasteiger partial charge is 0.485 e. The van der Waals surface area contributed by atoms with Crippen LogP contribution < -0.4 is 4.74 Å². The predicted molar refractivity (Wildman–Crippen MR) is 77.1 cm³/mol. The Labute approximate surface area is 126 Å². The Morgan fingerprint density at radius 3 is 2.19 bits per heavy atom. The zero-order valence-corrected chi connectivity index (χ0v) is 12.3. The molecule has 0 aromatic heterocycles. The summed E-state index contributed by atoms with van der Waals surface area (Å²) in [5.74, 6) is -2.05. The number of hydrogen-bond acceptors (Lipinski definition) is 2. The zero-order valence-electron chi connectivity index (χ0n) is 11.5. The van der Waals surface area contributed by atoms with Crippen LogP contribution in [0.25, 0.3) is 0 Å². The molecule has 2 nitrogen and oxygen atoms in total.